The van der Waals surface area contributed by atoms with Crippen molar-refractivity contribution in [1.82, 2.24) is 15.0 Å². The fourth-order valence-electron chi connectivity index (χ4n) is 2.35. The molecule has 1 aromatic heterocycles. The molecule has 0 atom stereocenters. The lowest BCUT2D eigenvalue weighted by Gasteiger charge is -2.12. The minimum absolute atomic E-state index is 0.0236. The molecule has 0 aliphatic rings. The van der Waals surface area contributed by atoms with E-state index in [2.05, 4.69) is 20.3 Å². The summed E-state index contributed by atoms with van der Waals surface area (Å²) in [5.41, 5.74) is -0.0236. The number of rotatable bonds is 4. The van der Waals surface area contributed by atoms with E-state index in [0.29, 0.717) is 0 Å². The lowest BCUT2D eigenvalue weighted by atomic mass is 10.1. The lowest BCUT2D eigenvalue weighted by molar-refractivity contribution is 0.481. The van der Waals surface area contributed by atoms with E-state index in [1.807, 2.05) is 0 Å². The van der Waals surface area contributed by atoms with Crippen LogP contribution in [0.1, 0.15) is 0 Å². The van der Waals surface area contributed by atoms with Gasteiger partial charge in [0.1, 0.15) is 9.79 Å². The van der Waals surface area contributed by atoms with Crippen molar-refractivity contribution in [1.29, 1.82) is 0 Å². The van der Waals surface area contributed by atoms with Crippen molar-refractivity contribution in [3.8, 4) is 0 Å². The molecule has 0 saturated heterocycles. The lowest BCUT2D eigenvalue weighted by Crippen LogP contribution is -2.05. The zero-order valence-corrected chi connectivity index (χ0v) is 16.0. The number of benzene rings is 2. The van der Waals surface area contributed by atoms with Gasteiger partial charge in [-0.05, 0) is 41.4 Å². The van der Waals surface area contributed by atoms with Crippen LogP contribution in [0, 0.1) is 0 Å². The average molecular weight is 451 g/mol. The summed E-state index contributed by atoms with van der Waals surface area (Å²) in [6, 6.07) is 5.81. The van der Waals surface area contributed by atoms with Gasteiger partial charge in [-0.3, -0.25) is 9.11 Å². The normalized spacial score (nSPS) is 12.3. The number of hydrogen-bond donors (Lipinski definition) is 3. The highest BCUT2D eigenvalue weighted by Crippen LogP contribution is 2.32. The summed E-state index contributed by atoms with van der Waals surface area (Å²) < 4.78 is 65.7. The molecular formula is C13H8Cl2N4O6S2. The Bertz CT molecular complexity index is 1260. The largest absolute Gasteiger partial charge is 0.324 e. The van der Waals surface area contributed by atoms with E-state index in [0.717, 1.165) is 12.1 Å². The molecule has 0 aliphatic carbocycles. The Hall–Kier alpha value is -2.09. The van der Waals surface area contributed by atoms with Gasteiger partial charge in [0.15, 0.2) is 0 Å². The maximum Gasteiger partial charge on any atom is 0.295 e. The Labute approximate surface area is 162 Å². The van der Waals surface area contributed by atoms with E-state index in [1.165, 1.54) is 18.2 Å². The van der Waals surface area contributed by atoms with E-state index in [4.69, 9.17) is 23.2 Å². The fourth-order valence-corrected chi connectivity index (χ4v) is 4.14. The van der Waals surface area contributed by atoms with Crippen LogP contribution in [0.15, 0.2) is 40.1 Å². The summed E-state index contributed by atoms with van der Waals surface area (Å²) in [7, 11) is -9.43. The van der Waals surface area contributed by atoms with Gasteiger partial charge in [-0.2, -0.15) is 31.8 Å². The molecule has 0 amide bonds. The van der Waals surface area contributed by atoms with Crippen LogP contribution in [0.3, 0.4) is 0 Å². The fraction of sp³-hybridized carbons (Fsp3) is 0. The minimum Gasteiger partial charge on any atom is -0.324 e. The van der Waals surface area contributed by atoms with Crippen molar-refractivity contribution < 1.29 is 25.9 Å². The Morgan fingerprint density at radius 1 is 0.815 bits per heavy atom. The second-order valence-corrected chi connectivity index (χ2v) is 8.55. The summed E-state index contributed by atoms with van der Waals surface area (Å²) >= 11 is 11.3. The summed E-state index contributed by atoms with van der Waals surface area (Å²) in [4.78, 5) is 9.88. The molecule has 0 fully saturated rings. The molecule has 0 radical (unpaired) electrons. The maximum absolute atomic E-state index is 11.8. The maximum atomic E-state index is 11.8. The molecular weight excluding hydrogens is 443 g/mol. The highest BCUT2D eigenvalue weighted by atomic mass is 35.5. The predicted octanol–water partition coefficient (Wildman–Crippen LogP) is 2.57. The average Bonchev–Trinajstić information content (AvgIpc) is 2.50. The van der Waals surface area contributed by atoms with Crippen LogP contribution in [0.5, 0.6) is 0 Å². The number of nitrogens with one attached hydrogen (secondary N) is 1. The number of aromatic nitrogens is 3. The number of nitrogens with zero attached hydrogens (tertiary/aromatic N) is 3. The summed E-state index contributed by atoms with van der Waals surface area (Å²) in [5, 5.41) is 1.82. The Kier molecular flexibility index (Phi) is 4.96. The van der Waals surface area contributed by atoms with Crippen molar-refractivity contribution in [2.45, 2.75) is 9.79 Å². The highest BCUT2D eigenvalue weighted by molar-refractivity contribution is 7.86. The molecule has 10 nitrogen and oxygen atoms in total. The third-order valence-electron chi connectivity index (χ3n) is 3.31. The molecule has 14 heteroatoms. The van der Waals surface area contributed by atoms with Gasteiger partial charge in [0, 0.05) is 16.5 Å². The smallest absolute Gasteiger partial charge is 0.295 e. The number of hydrogen-bond acceptors (Lipinski definition) is 8. The molecule has 3 rings (SSSR count). The molecule has 0 saturated carbocycles. The minimum atomic E-state index is -4.74. The number of fused-ring (bicyclic) bond motifs is 1. The van der Waals surface area contributed by atoms with Crippen LogP contribution in [0.2, 0.25) is 10.6 Å². The number of anilines is 2. The van der Waals surface area contributed by atoms with Gasteiger partial charge < -0.3 is 5.32 Å². The van der Waals surface area contributed by atoms with E-state index in [-0.39, 0.29) is 33.0 Å². The van der Waals surface area contributed by atoms with Crippen LogP contribution in [0.4, 0.5) is 11.6 Å². The van der Waals surface area contributed by atoms with Gasteiger partial charge in [-0.15, -0.1) is 0 Å². The monoisotopic (exact) mass is 450 g/mol. The van der Waals surface area contributed by atoms with Gasteiger partial charge in [0.25, 0.3) is 20.2 Å². The van der Waals surface area contributed by atoms with Crippen LogP contribution >= 0.6 is 23.2 Å². The van der Waals surface area contributed by atoms with Crippen molar-refractivity contribution >= 4 is 65.8 Å². The predicted molar refractivity (Wildman–Crippen MR) is 96.7 cm³/mol. The third kappa shape index (κ3) is 4.26. The molecule has 142 valence electrons. The summed E-state index contributed by atoms with van der Waals surface area (Å²) in [5.74, 6) is -0.162. The van der Waals surface area contributed by atoms with Crippen LogP contribution in [-0.4, -0.2) is 40.9 Å². The van der Waals surface area contributed by atoms with E-state index >= 15 is 0 Å². The first-order chi connectivity index (χ1) is 12.4. The first kappa shape index (κ1) is 19.7. The topological polar surface area (TPSA) is 159 Å². The van der Waals surface area contributed by atoms with Gasteiger partial charge in [0.05, 0.1) is 0 Å². The van der Waals surface area contributed by atoms with Crippen molar-refractivity contribution in [3.63, 3.8) is 0 Å². The van der Waals surface area contributed by atoms with E-state index < -0.39 is 30.0 Å². The van der Waals surface area contributed by atoms with Crippen molar-refractivity contribution in [2.75, 3.05) is 5.32 Å². The molecule has 1 heterocycles. The Balaban J connectivity index is 2.31. The molecule has 0 unspecified atom stereocenters. The SMILES string of the molecule is O=S(=O)(O)c1cc(Nc2nc(Cl)nc(Cl)n2)cc2c(S(=O)(=O)O)cccc12. The Morgan fingerprint density at radius 3 is 1.96 bits per heavy atom. The quantitative estimate of drug-likeness (QED) is 0.503. The second-order valence-electron chi connectivity index (χ2n) is 5.10. The zero-order valence-electron chi connectivity index (χ0n) is 12.8. The van der Waals surface area contributed by atoms with Gasteiger partial charge in [-0.25, -0.2) is 0 Å². The van der Waals surface area contributed by atoms with Gasteiger partial charge in [-0.1, -0.05) is 12.1 Å². The van der Waals surface area contributed by atoms with E-state index in [1.54, 1.807) is 0 Å². The van der Waals surface area contributed by atoms with Crippen molar-refractivity contribution in [3.05, 3.63) is 40.9 Å². The second kappa shape index (κ2) is 6.82. The Morgan fingerprint density at radius 2 is 1.41 bits per heavy atom. The molecule has 0 spiro atoms. The molecule has 0 bridgehead atoms. The molecule has 2 aromatic carbocycles. The van der Waals surface area contributed by atoms with E-state index in [9.17, 15) is 25.9 Å². The standard InChI is InChI=1S/C13H8Cl2N4O6S2/c14-11-17-12(15)19-13(18-11)16-6-4-8-7(10(5-6)27(23,24)25)2-1-3-9(8)26(20,21)22/h1-5H,(H,20,21,22)(H,23,24,25)(H,16,17,18,19). The molecule has 0 aliphatic heterocycles. The number of halogens is 2. The molecule has 3 N–H and O–H groups in total. The molecule has 27 heavy (non-hydrogen) atoms. The van der Waals surface area contributed by atoms with Gasteiger partial charge >= 0.3 is 0 Å². The summed E-state index contributed by atoms with van der Waals surface area (Å²) in [6.07, 6.45) is 0. The van der Waals surface area contributed by atoms with Crippen LogP contribution < -0.4 is 5.32 Å². The van der Waals surface area contributed by atoms with Crippen LogP contribution in [0.25, 0.3) is 10.8 Å². The van der Waals surface area contributed by atoms with Gasteiger partial charge in [0.2, 0.25) is 16.5 Å². The zero-order chi connectivity index (χ0) is 20.0. The highest BCUT2D eigenvalue weighted by Gasteiger charge is 2.21. The first-order valence-corrected chi connectivity index (χ1v) is 10.4. The van der Waals surface area contributed by atoms with Crippen LogP contribution in [-0.2, 0) is 20.2 Å². The third-order valence-corrected chi connectivity index (χ3v) is 5.45. The van der Waals surface area contributed by atoms with Crippen molar-refractivity contribution in [2.24, 2.45) is 0 Å². The summed E-state index contributed by atoms with van der Waals surface area (Å²) in [6.45, 7) is 0. The molecule has 3 aromatic rings. The first-order valence-electron chi connectivity index (χ1n) is 6.81.